The normalized spacial score (nSPS) is 10.0. The molecule has 0 unspecified atom stereocenters. The molecule has 7 heteroatoms. The molecule has 0 aliphatic rings. The van der Waals surface area contributed by atoms with Gasteiger partial charge in [0.05, 0.1) is 11.3 Å². The molecule has 1 aromatic heterocycles. The Kier molecular flexibility index (Phi) is 5.11. The van der Waals surface area contributed by atoms with Crippen molar-refractivity contribution in [3.05, 3.63) is 76.7 Å². The molecule has 0 radical (unpaired) electrons. The second-order valence-electron chi connectivity index (χ2n) is 5.48. The summed E-state index contributed by atoms with van der Waals surface area (Å²) < 4.78 is 0. The predicted octanol–water partition coefficient (Wildman–Crippen LogP) is 4.31. The first kappa shape index (κ1) is 17.4. The first-order valence-electron chi connectivity index (χ1n) is 7.72. The topological polar surface area (TPSA) is 90.7 Å². The minimum absolute atomic E-state index is 0.200. The lowest BCUT2D eigenvalue weighted by Crippen LogP contribution is -2.15. The first-order chi connectivity index (χ1) is 12.6. The molecule has 3 rings (SSSR count). The third kappa shape index (κ3) is 3.97. The molecule has 2 aromatic carbocycles. The number of halogens is 1. The number of carbonyl (C=O) groups excluding carboxylic acids is 1. The Labute approximate surface area is 155 Å². The van der Waals surface area contributed by atoms with Crippen molar-refractivity contribution < 1.29 is 4.79 Å². The Morgan fingerprint density at radius 1 is 1.12 bits per heavy atom. The number of nitrogens with one attached hydrogen (secondary N) is 2. The molecule has 0 fully saturated rings. The number of nitrogens with zero attached hydrogens (tertiary/aromatic N) is 3. The summed E-state index contributed by atoms with van der Waals surface area (Å²) in [5.41, 5.74) is 2.79. The Hall–Kier alpha value is -3.43. The quantitative estimate of drug-likeness (QED) is 0.720. The maximum Gasteiger partial charge on any atom is 0.274 e. The van der Waals surface area contributed by atoms with E-state index in [1.54, 1.807) is 42.5 Å². The number of hydrogen-bond donors (Lipinski definition) is 2. The molecule has 0 aliphatic heterocycles. The van der Waals surface area contributed by atoms with E-state index in [1.165, 1.54) is 12.4 Å². The molecular formula is C19H14ClN5O. The van der Waals surface area contributed by atoms with Crippen LogP contribution in [-0.4, -0.2) is 15.9 Å². The lowest BCUT2D eigenvalue weighted by molar-refractivity contribution is 0.102. The third-order valence-electron chi connectivity index (χ3n) is 3.65. The van der Waals surface area contributed by atoms with Gasteiger partial charge in [0.2, 0.25) is 0 Å². The predicted molar refractivity (Wildman–Crippen MR) is 101 cm³/mol. The molecule has 1 amide bonds. The summed E-state index contributed by atoms with van der Waals surface area (Å²) in [5.74, 6) is 0.0510. The minimum atomic E-state index is -0.366. The van der Waals surface area contributed by atoms with Gasteiger partial charge in [-0.05, 0) is 42.8 Å². The largest absolute Gasteiger partial charge is 0.339 e. The second-order valence-corrected chi connectivity index (χ2v) is 5.92. The van der Waals surface area contributed by atoms with Gasteiger partial charge in [0, 0.05) is 16.8 Å². The summed E-state index contributed by atoms with van der Waals surface area (Å²) in [6, 6.07) is 15.9. The van der Waals surface area contributed by atoms with Crippen molar-refractivity contribution in [3.8, 4) is 6.07 Å². The van der Waals surface area contributed by atoms with Crippen LogP contribution in [0.5, 0.6) is 0 Å². The van der Waals surface area contributed by atoms with Crippen LogP contribution < -0.4 is 10.6 Å². The molecular weight excluding hydrogens is 350 g/mol. The number of hydrogen-bond acceptors (Lipinski definition) is 5. The molecule has 128 valence electrons. The standard InChI is InChI=1S/C19H14ClN5O/c1-12-8-14(20)6-7-15(12)25-19(26)17-9-18(23-11-22-17)24-16-5-3-2-4-13(16)10-21/h2-9,11H,1H3,(H,25,26)(H,22,23,24). The van der Waals surface area contributed by atoms with Gasteiger partial charge in [-0.3, -0.25) is 4.79 Å². The lowest BCUT2D eigenvalue weighted by atomic mass is 10.2. The molecule has 1 heterocycles. The van der Waals surface area contributed by atoms with Gasteiger partial charge in [-0.25, -0.2) is 9.97 Å². The number of benzene rings is 2. The maximum atomic E-state index is 12.5. The molecule has 0 aliphatic carbocycles. The molecule has 0 atom stereocenters. The number of rotatable bonds is 4. The zero-order chi connectivity index (χ0) is 18.5. The number of aromatic nitrogens is 2. The van der Waals surface area contributed by atoms with Gasteiger partial charge < -0.3 is 10.6 Å². The Bertz CT molecular complexity index is 1010. The highest BCUT2D eigenvalue weighted by Crippen LogP contribution is 2.21. The highest BCUT2D eigenvalue weighted by molar-refractivity contribution is 6.30. The van der Waals surface area contributed by atoms with Gasteiger partial charge in [-0.1, -0.05) is 23.7 Å². The number of carbonyl (C=O) groups is 1. The van der Waals surface area contributed by atoms with Crippen LogP contribution in [0.4, 0.5) is 17.2 Å². The molecule has 0 saturated heterocycles. The highest BCUT2D eigenvalue weighted by atomic mass is 35.5. The van der Waals surface area contributed by atoms with Gasteiger partial charge in [0.15, 0.2) is 0 Å². The fourth-order valence-electron chi connectivity index (χ4n) is 2.33. The van der Waals surface area contributed by atoms with E-state index in [1.807, 2.05) is 6.92 Å². The van der Waals surface area contributed by atoms with E-state index in [4.69, 9.17) is 16.9 Å². The van der Waals surface area contributed by atoms with Crippen LogP contribution in [0.2, 0.25) is 5.02 Å². The minimum Gasteiger partial charge on any atom is -0.339 e. The summed E-state index contributed by atoms with van der Waals surface area (Å²) in [6.45, 7) is 1.85. The van der Waals surface area contributed by atoms with Crippen LogP contribution in [0.3, 0.4) is 0 Å². The van der Waals surface area contributed by atoms with Crippen molar-refractivity contribution in [2.45, 2.75) is 6.92 Å². The van der Waals surface area contributed by atoms with Crippen molar-refractivity contribution in [3.63, 3.8) is 0 Å². The Morgan fingerprint density at radius 2 is 1.92 bits per heavy atom. The summed E-state index contributed by atoms with van der Waals surface area (Å²) in [5, 5.41) is 15.6. The maximum absolute atomic E-state index is 12.5. The number of nitriles is 1. The monoisotopic (exact) mass is 363 g/mol. The number of aryl methyl sites for hydroxylation is 1. The van der Waals surface area contributed by atoms with E-state index in [2.05, 4.69) is 26.7 Å². The van der Waals surface area contributed by atoms with Gasteiger partial charge >= 0.3 is 0 Å². The average molecular weight is 364 g/mol. The van der Waals surface area contributed by atoms with Crippen molar-refractivity contribution >= 4 is 34.7 Å². The van der Waals surface area contributed by atoms with Crippen molar-refractivity contribution in [1.29, 1.82) is 5.26 Å². The van der Waals surface area contributed by atoms with E-state index in [0.717, 1.165) is 5.56 Å². The van der Waals surface area contributed by atoms with Crippen LogP contribution in [0.15, 0.2) is 54.9 Å². The van der Waals surface area contributed by atoms with E-state index >= 15 is 0 Å². The number of amides is 1. The summed E-state index contributed by atoms with van der Waals surface area (Å²) >= 11 is 5.93. The van der Waals surface area contributed by atoms with E-state index < -0.39 is 0 Å². The molecule has 3 aromatic rings. The Morgan fingerprint density at radius 3 is 2.69 bits per heavy atom. The zero-order valence-corrected chi connectivity index (χ0v) is 14.6. The summed E-state index contributed by atoms with van der Waals surface area (Å²) in [6.07, 6.45) is 1.29. The van der Waals surface area contributed by atoms with Gasteiger partial charge in [0.25, 0.3) is 5.91 Å². The molecule has 0 spiro atoms. The number of para-hydroxylation sites is 1. The molecule has 6 nitrogen and oxygen atoms in total. The lowest BCUT2D eigenvalue weighted by Gasteiger charge is -2.10. The van der Waals surface area contributed by atoms with Gasteiger partial charge in [-0.2, -0.15) is 5.26 Å². The molecule has 0 saturated carbocycles. The smallest absolute Gasteiger partial charge is 0.274 e. The van der Waals surface area contributed by atoms with E-state index in [-0.39, 0.29) is 11.6 Å². The van der Waals surface area contributed by atoms with Crippen molar-refractivity contribution in [1.82, 2.24) is 9.97 Å². The third-order valence-corrected chi connectivity index (χ3v) is 3.88. The van der Waals surface area contributed by atoms with E-state index in [9.17, 15) is 4.79 Å². The second kappa shape index (κ2) is 7.64. The zero-order valence-electron chi connectivity index (χ0n) is 13.8. The van der Waals surface area contributed by atoms with Crippen LogP contribution in [0.25, 0.3) is 0 Å². The highest BCUT2D eigenvalue weighted by Gasteiger charge is 2.11. The van der Waals surface area contributed by atoms with Gasteiger partial charge in [-0.15, -0.1) is 0 Å². The Balaban J connectivity index is 1.80. The summed E-state index contributed by atoms with van der Waals surface area (Å²) in [7, 11) is 0. The van der Waals surface area contributed by atoms with E-state index in [0.29, 0.717) is 27.8 Å². The van der Waals surface area contributed by atoms with Crippen LogP contribution in [-0.2, 0) is 0 Å². The average Bonchev–Trinajstić information content (AvgIpc) is 2.64. The summed E-state index contributed by atoms with van der Waals surface area (Å²) in [4.78, 5) is 20.6. The van der Waals surface area contributed by atoms with Crippen molar-refractivity contribution in [2.24, 2.45) is 0 Å². The molecule has 2 N–H and O–H groups in total. The first-order valence-corrected chi connectivity index (χ1v) is 8.10. The number of anilines is 3. The van der Waals surface area contributed by atoms with Crippen LogP contribution in [0, 0.1) is 18.3 Å². The van der Waals surface area contributed by atoms with Crippen LogP contribution in [0.1, 0.15) is 21.6 Å². The SMILES string of the molecule is Cc1cc(Cl)ccc1NC(=O)c1cc(Nc2ccccc2C#N)ncn1. The van der Waals surface area contributed by atoms with Gasteiger partial charge in [0.1, 0.15) is 23.9 Å². The molecule has 26 heavy (non-hydrogen) atoms. The molecule has 0 bridgehead atoms. The van der Waals surface area contributed by atoms with Crippen molar-refractivity contribution in [2.75, 3.05) is 10.6 Å². The fourth-order valence-corrected chi connectivity index (χ4v) is 2.56. The van der Waals surface area contributed by atoms with Crippen LogP contribution >= 0.6 is 11.6 Å². The fraction of sp³-hybridized carbons (Fsp3) is 0.0526.